The Morgan fingerprint density at radius 1 is 1.33 bits per heavy atom. The van der Waals surface area contributed by atoms with Crippen LogP contribution in [0.4, 0.5) is 0 Å². The van der Waals surface area contributed by atoms with Crippen LogP contribution < -0.4 is 0 Å². The quantitative estimate of drug-likeness (QED) is 0.280. The maximum Gasteiger partial charge on any atom is 0.371 e. The highest BCUT2D eigenvalue weighted by Crippen LogP contribution is 1.85. The topological polar surface area (TPSA) is 74.6 Å². The van der Waals surface area contributed by atoms with E-state index in [1.807, 2.05) is 0 Å². The van der Waals surface area contributed by atoms with Crippen molar-refractivity contribution < 1.29 is 19.8 Å². The first kappa shape index (κ1) is 7.90. The lowest BCUT2D eigenvalue weighted by Gasteiger charge is -1.86. The predicted octanol–water partition coefficient (Wildman–Crippen LogP) is -1.60. The van der Waals surface area contributed by atoms with Gasteiger partial charge in [-0.15, -0.1) is 0 Å². The monoisotopic (exact) mass is 146 g/mol. The van der Waals surface area contributed by atoms with Crippen LogP contribution >= 0.6 is 0 Å². The summed E-state index contributed by atoms with van der Waals surface area (Å²) < 4.78 is 0. The minimum Gasteiger partial charge on any atom is -0.502 e. The van der Waals surface area contributed by atoms with Gasteiger partial charge in [0.05, 0.1) is 10.2 Å². The van der Waals surface area contributed by atoms with Crippen molar-refractivity contribution in [3.8, 4) is 0 Å². The van der Waals surface area contributed by atoms with E-state index in [2.05, 4.69) is 0 Å². The number of carboxylic acid groups (broad SMARTS) is 1. The average molecular weight is 146 g/mol. The summed E-state index contributed by atoms with van der Waals surface area (Å²) in [5, 5.41) is 16.0. The fourth-order valence-corrected chi connectivity index (χ4v) is 0.528. The van der Waals surface area contributed by atoms with Gasteiger partial charge >= 0.3 is 5.97 Å². The van der Waals surface area contributed by atoms with Crippen molar-refractivity contribution in [2.45, 2.75) is 0 Å². The molecule has 0 amide bonds. The average Bonchev–Trinajstić information content (AvgIpc) is 1.63. The van der Waals surface area contributed by atoms with E-state index in [0.29, 0.717) is 6.08 Å². The van der Waals surface area contributed by atoms with Gasteiger partial charge < -0.3 is 15.0 Å². The fraction of sp³-hybridized carbons (Fsp3) is 0. The molecule has 0 radical (unpaired) electrons. The highest BCUT2D eigenvalue weighted by Gasteiger charge is 2.02. The van der Waals surface area contributed by atoms with Crippen LogP contribution in [0.5, 0.6) is 0 Å². The lowest BCUT2D eigenvalue weighted by molar-refractivity contribution is -0.135. The van der Waals surface area contributed by atoms with Crippen LogP contribution in [0.15, 0.2) is 11.8 Å². The first-order valence-electron chi connectivity index (χ1n) is 2.18. The van der Waals surface area contributed by atoms with Gasteiger partial charge in [-0.05, 0) is 0 Å². The summed E-state index contributed by atoms with van der Waals surface area (Å²) in [5.74, 6) is -2.37. The molecule has 4 nitrogen and oxygen atoms in total. The third kappa shape index (κ3) is 3.48. The number of hydrogen-bond acceptors (Lipinski definition) is 3. The Morgan fingerprint density at radius 2 is 1.78 bits per heavy atom. The Hall–Kier alpha value is -1.10. The van der Waals surface area contributed by atoms with Crippen LogP contribution in [0, 0.1) is 0 Å². The van der Waals surface area contributed by atoms with E-state index in [-0.39, 0.29) is 15.6 Å². The molecule has 0 aliphatic carbocycles. The van der Waals surface area contributed by atoms with Crippen LogP contribution in [0.25, 0.3) is 0 Å². The van der Waals surface area contributed by atoms with E-state index in [9.17, 15) is 9.59 Å². The molecule has 0 aliphatic heterocycles. The number of carboxylic acids is 1. The molecule has 2 N–H and O–H groups in total. The largest absolute Gasteiger partial charge is 0.502 e. The lowest BCUT2D eigenvalue weighted by atomic mass is 10.5. The van der Waals surface area contributed by atoms with Gasteiger partial charge in [0.1, 0.15) is 5.41 Å². The summed E-state index contributed by atoms with van der Waals surface area (Å²) in [6.07, 6.45) is 0.703. The van der Waals surface area contributed by atoms with Gasteiger partial charge in [0.15, 0.2) is 0 Å². The molecule has 0 bridgehead atoms. The molecule has 0 heterocycles. The van der Waals surface area contributed by atoms with Gasteiger partial charge in [-0.1, -0.05) is 0 Å². The summed E-state index contributed by atoms with van der Waals surface area (Å²) in [6.45, 7) is 0. The van der Waals surface area contributed by atoms with Gasteiger partial charge in [-0.3, -0.25) is 0 Å². The van der Waals surface area contributed by atoms with Crippen molar-refractivity contribution in [3.05, 3.63) is 11.8 Å². The molecule has 0 fully saturated rings. The number of aliphatic carboxylic acids is 1. The van der Waals surface area contributed by atoms with Crippen LogP contribution in [0.3, 0.4) is 0 Å². The van der Waals surface area contributed by atoms with Crippen LogP contribution in [-0.4, -0.2) is 31.8 Å². The molecule has 0 unspecified atom stereocenters. The Balaban J connectivity index is 4.17. The van der Waals surface area contributed by atoms with Gasteiger partial charge in [0.2, 0.25) is 5.76 Å². The Kier molecular flexibility index (Phi) is 2.66. The molecule has 5 heteroatoms. The second-order valence-corrected chi connectivity index (χ2v) is 2.43. The Bertz CT molecular complexity index is 171. The summed E-state index contributed by atoms with van der Waals surface area (Å²) in [4.78, 5) is 19.9. The maximum absolute atomic E-state index is 10.1. The third-order valence-electron chi connectivity index (χ3n) is 0.559. The minimum absolute atomic E-state index is 0.224. The minimum atomic E-state index is -1.47. The van der Waals surface area contributed by atoms with Gasteiger partial charge in [0.25, 0.3) is 0 Å². The zero-order chi connectivity index (χ0) is 7.44. The summed E-state index contributed by atoms with van der Waals surface area (Å²) >= 11 is 0. The van der Waals surface area contributed by atoms with Crippen LogP contribution in [-0.2, 0) is 9.59 Å². The number of aliphatic hydroxyl groups excluding tert-OH is 1. The van der Waals surface area contributed by atoms with E-state index >= 15 is 0 Å². The van der Waals surface area contributed by atoms with Crippen molar-refractivity contribution in [2.75, 3.05) is 0 Å². The molecular weight excluding hydrogens is 140 g/mol. The standard InChI is InChI=1S/C4H6O4Si/c5-2(4(7)8)1-3(6)9/h1,5H,9H3,(H,7,8)/b2-1-. The fourth-order valence-electron chi connectivity index (χ4n) is 0.254. The maximum atomic E-state index is 10.1. The first-order valence-corrected chi connectivity index (χ1v) is 3.18. The normalized spacial score (nSPS) is 11.3. The molecule has 0 saturated heterocycles. The van der Waals surface area contributed by atoms with Gasteiger partial charge in [-0.25, -0.2) is 4.79 Å². The van der Waals surface area contributed by atoms with E-state index in [1.54, 1.807) is 0 Å². The van der Waals surface area contributed by atoms with Gasteiger partial charge in [0, 0.05) is 6.08 Å². The Labute approximate surface area is 54.2 Å². The predicted molar refractivity (Wildman–Crippen MR) is 33.3 cm³/mol. The summed E-state index contributed by atoms with van der Waals surface area (Å²) in [7, 11) is 0.224. The summed E-state index contributed by atoms with van der Waals surface area (Å²) in [6, 6.07) is 0. The number of carbonyl (C=O) groups is 2. The molecule has 0 aliphatic rings. The molecule has 0 saturated carbocycles. The van der Waals surface area contributed by atoms with Crippen molar-refractivity contribution in [1.82, 2.24) is 0 Å². The highest BCUT2D eigenvalue weighted by molar-refractivity contribution is 6.61. The van der Waals surface area contributed by atoms with Crippen molar-refractivity contribution >= 4 is 21.6 Å². The second-order valence-electron chi connectivity index (χ2n) is 1.45. The van der Waals surface area contributed by atoms with Gasteiger partial charge in [-0.2, -0.15) is 0 Å². The smallest absolute Gasteiger partial charge is 0.371 e. The van der Waals surface area contributed by atoms with E-state index < -0.39 is 11.7 Å². The Morgan fingerprint density at radius 3 is 1.89 bits per heavy atom. The molecule has 0 aromatic carbocycles. The molecule has 0 spiro atoms. The number of allylic oxidation sites excluding steroid dienone is 1. The molecule has 9 heavy (non-hydrogen) atoms. The molecular formula is C4H6O4Si. The third-order valence-corrected chi connectivity index (χ3v) is 0.848. The number of rotatable bonds is 2. The number of hydrogen-bond donors (Lipinski definition) is 2. The number of carbonyl (C=O) groups excluding carboxylic acids is 1. The second kappa shape index (κ2) is 3.03. The lowest BCUT2D eigenvalue weighted by Crippen LogP contribution is -2.02. The van der Waals surface area contributed by atoms with Crippen molar-refractivity contribution in [2.24, 2.45) is 0 Å². The van der Waals surface area contributed by atoms with Crippen molar-refractivity contribution in [3.63, 3.8) is 0 Å². The van der Waals surface area contributed by atoms with E-state index in [4.69, 9.17) is 10.2 Å². The van der Waals surface area contributed by atoms with Crippen LogP contribution in [0.1, 0.15) is 0 Å². The van der Waals surface area contributed by atoms with E-state index in [1.165, 1.54) is 0 Å². The molecule has 0 atom stereocenters. The SMILES string of the molecule is O=C([SiH3])/C=C(\O)C(=O)O. The molecule has 0 aromatic rings. The van der Waals surface area contributed by atoms with E-state index in [0.717, 1.165) is 0 Å². The first-order chi connectivity index (χ1) is 4.04. The number of aliphatic hydroxyl groups is 1. The molecule has 0 rings (SSSR count). The zero-order valence-electron chi connectivity index (χ0n) is 4.79. The zero-order valence-corrected chi connectivity index (χ0v) is 6.79. The molecule has 50 valence electrons. The summed E-state index contributed by atoms with van der Waals surface area (Å²) in [5.41, 5.74) is 0. The molecule has 0 aromatic heterocycles. The van der Waals surface area contributed by atoms with Crippen molar-refractivity contribution in [1.29, 1.82) is 0 Å². The highest BCUT2D eigenvalue weighted by atomic mass is 28.1. The van der Waals surface area contributed by atoms with Crippen LogP contribution in [0.2, 0.25) is 0 Å².